The van der Waals surface area contributed by atoms with Crippen LogP contribution >= 0.6 is 11.3 Å². The number of nitriles is 1. The van der Waals surface area contributed by atoms with Crippen LogP contribution in [0.15, 0.2) is 34.4 Å². The Morgan fingerprint density at radius 1 is 1.30 bits per heavy atom. The predicted molar refractivity (Wildman–Crippen MR) is 89.7 cm³/mol. The topological polar surface area (TPSA) is 114 Å². The van der Waals surface area contributed by atoms with Crippen molar-refractivity contribution in [2.75, 3.05) is 10.6 Å². The number of rotatable bonds is 4. The van der Waals surface area contributed by atoms with Crippen LogP contribution in [0.4, 0.5) is 10.7 Å². The number of thiophene rings is 1. The van der Waals surface area contributed by atoms with Crippen molar-refractivity contribution in [3.63, 3.8) is 0 Å². The maximum atomic E-state index is 12.2. The molecule has 1 atom stereocenters. The van der Waals surface area contributed by atoms with Gasteiger partial charge in [0.05, 0.1) is 16.6 Å². The van der Waals surface area contributed by atoms with Gasteiger partial charge in [0.1, 0.15) is 17.1 Å². The Bertz CT molecular complexity index is 962. The lowest BCUT2D eigenvalue weighted by Gasteiger charge is -2.14. The van der Waals surface area contributed by atoms with E-state index in [2.05, 4.69) is 20.6 Å². The van der Waals surface area contributed by atoms with E-state index in [0.29, 0.717) is 27.3 Å². The normalized spacial score (nSPS) is 11.8. The number of aromatic nitrogens is 2. The second-order valence-corrected chi connectivity index (χ2v) is 5.89. The Labute approximate surface area is 135 Å². The van der Waals surface area contributed by atoms with Gasteiger partial charge in [0.2, 0.25) is 5.91 Å². The SMILES string of the molecule is C[C@H](Nc1ccc2[nH]c(=O)[nH]c2c1)C(=O)Nc1sccc1C#N. The third-order valence-corrected chi connectivity index (χ3v) is 4.14. The minimum Gasteiger partial charge on any atom is -0.374 e. The number of nitrogens with zero attached hydrogens (tertiary/aromatic N) is 1. The zero-order valence-electron chi connectivity index (χ0n) is 12.1. The van der Waals surface area contributed by atoms with Crippen LogP contribution in [-0.2, 0) is 4.79 Å². The maximum Gasteiger partial charge on any atom is 0.323 e. The molecule has 8 heteroatoms. The van der Waals surface area contributed by atoms with E-state index in [0.717, 1.165) is 0 Å². The van der Waals surface area contributed by atoms with Gasteiger partial charge in [0.25, 0.3) is 0 Å². The van der Waals surface area contributed by atoms with Crippen molar-refractivity contribution in [1.29, 1.82) is 5.26 Å². The second kappa shape index (κ2) is 5.98. The molecule has 1 amide bonds. The Kier molecular flexibility index (Phi) is 3.87. The third kappa shape index (κ3) is 3.09. The number of hydrogen-bond acceptors (Lipinski definition) is 5. The van der Waals surface area contributed by atoms with Crippen LogP contribution < -0.4 is 16.3 Å². The van der Waals surface area contributed by atoms with Crippen LogP contribution in [-0.4, -0.2) is 21.9 Å². The summed E-state index contributed by atoms with van der Waals surface area (Å²) in [7, 11) is 0. The molecule has 0 saturated carbocycles. The van der Waals surface area contributed by atoms with E-state index in [1.54, 1.807) is 36.6 Å². The number of hydrogen-bond donors (Lipinski definition) is 4. The Morgan fingerprint density at radius 2 is 2.09 bits per heavy atom. The molecule has 0 aliphatic heterocycles. The standard InChI is InChI=1S/C15H13N5O2S/c1-8(13(21)20-14-9(7-16)4-5-23-14)17-10-2-3-11-12(6-10)19-15(22)18-11/h2-6,8,17H,1H3,(H,20,21)(H2,18,19,22)/t8-/m0/s1. The molecule has 2 heterocycles. The first-order chi connectivity index (χ1) is 11.1. The van der Waals surface area contributed by atoms with Crippen LogP contribution in [0.1, 0.15) is 12.5 Å². The number of aromatic amines is 2. The number of benzene rings is 1. The van der Waals surface area contributed by atoms with Gasteiger partial charge in [-0.15, -0.1) is 11.3 Å². The number of fused-ring (bicyclic) bond motifs is 1. The molecule has 0 spiro atoms. The lowest BCUT2D eigenvalue weighted by atomic mass is 10.2. The average molecular weight is 327 g/mol. The van der Waals surface area contributed by atoms with Crippen molar-refractivity contribution in [1.82, 2.24) is 9.97 Å². The van der Waals surface area contributed by atoms with Gasteiger partial charge in [-0.25, -0.2) is 4.79 Å². The Morgan fingerprint density at radius 3 is 2.87 bits per heavy atom. The third-order valence-electron chi connectivity index (χ3n) is 3.31. The fourth-order valence-electron chi connectivity index (χ4n) is 2.15. The summed E-state index contributed by atoms with van der Waals surface area (Å²) in [5.41, 5.74) is 2.25. The van der Waals surface area contributed by atoms with E-state index < -0.39 is 6.04 Å². The Hall–Kier alpha value is -3.05. The molecule has 0 fully saturated rings. The van der Waals surface area contributed by atoms with Crippen LogP contribution in [0.2, 0.25) is 0 Å². The van der Waals surface area contributed by atoms with E-state index in [9.17, 15) is 9.59 Å². The molecule has 0 aliphatic carbocycles. The number of nitrogens with one attached hydrogen (secondary N) is 4. The van der Waals surface area contributed by atoms with Crippen LogP contribution in [0.5, 0.6) is 0 Å². The van der Waals surface area contributed by atoms with Gasteiger partial charge in [-0.1, -0.05) is 0 Å². The summed E-state index contributed by atoms with van der Waals surface area (Å²) in [5, 5.41) is 17.0. The number of carbonyl (C=O) groups excluding carboxylic acids is 1. The van der Waals surface area contributed by atoms with Crippen molar-refractivity contribution in [3.8, 4) is 6.07 Å². The number of imidazole rings is 1. The predicted octanol–water partition coefficient (Wildman–Crippen LogP) is 2.23. The lowest BCUT2D eigenvalue weighted by molar-refractivity contribution is -0.116. The molecule has 1 aromatic carbocycles. The van der Waals surface area contributed by atoms with Crippen molar-refractivity contribution < 1.29 is 4.79 Å². The first-order valence-electron chi connectivity index (χ1n) is 6.84. The summed E-state index contributed by atoms with van der Waals surface area (Å²) >= 11 is 1.30. The minimum absolute atomic E-state index is 0.244. The summed E-state index contributed by atoms with van der Waals surface area (Å²) in [6, 6.07) is 8.47. The van der Waals surface area contributed by atoms with Crippen molar-refractivity contribution >= 4 is 39.0 Å². The molecule has 23 heavy (non-hydrogen) atoms. The van der Waals surface area contributed by atoms with E-state index in [1.165, 1.54) is 11.3 Å². The molecule has 0 bridgehead atoms. The van der Waals surface area contributed by atoms with Crippen molar-refractivity contribution in [2.45, 2.75) is 13.0 Å². The zero-order valence-corrected chi connectivity index (χ0v) is 13.0. The smallest absolute Gasteiger partial charge is 0.323 e. The summed E-state index contributed by atoms with van der Waals surface area (Å²) < 4.78 is 0. The highest BCUT2D eigenvalue weighted by atomic mass is 32.1. The van der Waals surface area contributed by atoms with Crippen LogP contribution in [0, 0.1) is 11.3 Å². The highest BCUT2D eigenvalue weighted by Crippen LogP contribution is 2.22. The largest absolute Gasteiger partial charge is 0.374 e. The Balaban J connectivity index is 1.72. The molecule has 0 saturated heterocycles. The maximum absolute atomic E-state index is 12.2. The molecule has 2 aromatic heterocycles. The van der Waals surface area contributed by atoms with Crippen molar-refractivity contribution in [3.05, 3.63) is 45.7 Å². The van der Waals surface area contributed by atoms with Crippen LogP contribution in [0.3, 0.4) is 0 Å². The summed E-state index contributed by atoms with van der Waals surface area (Å²) in [6.07, 6.45) is 0. The summed E-state index contributed by atoms with van der Waals surface area (Å²) in [5.74, 6) is -0.244. The fraction of sp³-hybridized carbons (Fsp3) is 0.133. The summed E-state index contributed by atoms with van der Waals surface area (Å²) in [4.78, 5) is 28.8. The zero-order chi connectivity index (χ0) is 16.4. The van der Waals surface area contributed by atoms with Gasteiger partial charge in [-0.3, -0.25) is 4.79 Å². The monoisotopic (exact) mass is 327 g/mol. The van der Waals surface area contributed by atoms with Gasteiger partial charge in [-0.05, 0) is 36.6 Å². The molecule has 4 N–H and O–H groups in total. The molecule has 3 rings (SSSR count). The lowest BCUT2D eigenvalue weighted by Crippen LogP contribution is -2.31. The number of carbonyl (C=O) groups is 1. The van der Waals surface area contributed by atoms with Gasteiger partial charge >= 0.3 is 5.69 Å². The molecule has 116 valence electrons. The number of amides is 1. The van der Waals surface area contributed by atoms with Gasteiger partial charge in [0, 0.05) is 5.69 Å². The molecule has 0 radical (unpaired) electrons. The van der Waals surface area contributed by atoms with Gasteiger partial charge < -0.3 is 20.6 Å². The van der Waals surface area contributed by atoms with Crippen molar-refractivity contribution in [2.24, 2.45) is 0 Å². The highest BCUT2D eigenvalue weighted by molar-refractivity contribution is 7.14. The molecular weight excluding hydrogens is 314 g/mol. The number of H-pyrrole nitrogens is 2. The molecule has 7 nitrogen and oxygen atoms in total. The fourth-order valence-corrected chi connectivity index (χ4v) is 2.89. The molecular formula is C15H13N5O2S. The van der Waals surface area contributed by atoms with E-state index in [-0.39, 0.29) is 11.6 Å². The van der Waals surface area contributed by atoms with E-state index >= 15 is 0 Å². The average Bonchev–Trinajstić information content (AvgIpc) is 3.11. The van der Waals surface area contributed by atoms with Gasteiger partial charge in [0.15, 0.2) is 0 Å². The van der Waals surface area contributed by atoms with Crippen LogP contribution in [0.25, 0.3) is 11.0 Å². The quantitative estimate of drug-likeness (QED) is 0.588. The molecule has 3 aromatic rings. The van der Waals surface area contributed by atoms with Gasteiger partial charge in [-0.2, -0.15) is 5.26 Å². The van der Waals surface area contributed by atoms with E-state index in [1.807, 2.05) is 6.07 Å². The molecule has 0 aliphatic rings. The summed E-state index contributed by atoms with van der Waals surface area (Å²) in [6.45, 7) is 1.72. The van der Waals surface area contributed by atoms with E-state index in [4.69, 9.17) is 5.26 Å². The molecule has 0 unspecified atom stereocenters. The highest BCUT2D eigenvalue weighted by Gasteiger charge is 2.15. The first-order valence-corrected chi connectivity index (χ1v) is 7.72. The second-order valence-electron chi connectivity index (χ2n) is 4.97. The number of anilines is 2. The minimum atomic E-state index is -0.508. The first kappa shape index (κ1) is 14.9.